The summed E-state index contributed by atoms with van der Waals surface area (Å²) in [5.74, 6) is -0.272. The maximum Gasteiger partial charge on any atom is 0.343 e. The van der Waals surface area contributed by atoms with Crippen LogP contribution in [0.5, 0.6) is 0 Å². The number of aromatic nitrogens is 5. The molecule has 0 saturated carbocycles. The molecular weight excluding hydrogens is 264 g/mol. The van der Waals surface area contributed by atoms with Gasteiger partial charge in [-0.25, -0.2) is 14.1 Å². The fourth-order valence-electron chi connectivity index (χ4n) is 2.47. The van der Waals surface area contributed by atoms with Crippen molar-refractivity contribution in [2.75, 3.05) is 6.54 Å². The van der Waals surface area contributed by atoms with Gasteiger partial charge in [-0.2, -0.15) is 0 Å². The van der Waals surface area contributed by atoms with Gasteiger partial charge in [0.15, 0.2) is 0 Å². The largest absolute Gasteiger partial charge is 0.343 e. The van der Waals surface area contributed by atoms with Gasteiger partial charge in [-0.05, 0) is 19.8 Å². The Labute approximate surface area is 113 Å². The zero-order valence-electron chi connectivity index (χ0n) is 11.2. The van der Waals surface area contributed by atoms with E-state index in [4.69, 9.17) is 4.63 Å². The number of nitrogens with one attached hydrogen (secondary N) is 1. The highest BCUT2D eigenvalue weighted by Crippen LogP contribution is 2.32. The molecule has 1 aliphatic rings. The predicted molar refractivity (Wildman–Crippen MR) is 65.9 cm³/mol. The van der Waals surface area contributed by atoms with E-state index < -0.39 is 5.69 Å². The second-order valence-electron chi connectivity index (χ2n) is 4.79. The topological polar surface area (TPSA) is 110 Å². The Morgan fingerprint density at radius 1 is 1.45 bits per heavy atom. The first-order valence-electron chi connectivity index (χ1n) is 6.31. The first kappa shape index (κ1) is 12.6. The molecule has 0 aromatic carbocycles. The number of carbonyl (C=O) groups is 1. The molecule has 9 nitrogen and oxygen atoms in total. The van der Waals surface area contributed by atoms with Crippen molar-refractivity contribution in [2.45, 2.75) is 25.8 Å². The Morgan fingerprint density at radius 2 is 2.25 bits per heavy atom. The number of hydrogen-bond donors (Lipinski definition) is 1. The molecule has 20 heavy (non-hydrogen) atoms. The number of H-pyrrole nitrogens is 1. The zero-order valence-corrected chi connectivity index (χ0v) is 11.2. The standard InChI is InChI=1S/C11H14N6O3/c1-6-8(15-20-14-6)7-4-3-5-17(7)10(18)9-12-11(19)16(2)13-9/h7H,3-5H2,1-2H3,(H,12,13,19). The van der Waals surface area contributed by atoms with Crippen LogP contribution in [0, 0.1) is 6.92 Å². The van der Waals surface area contributed by atoms with E-state index in [2.05, 4.69) is 20.4 Å². The second kappa shape index (κ2) is 4.58. The zero-order chi connectivity index (χ0) is 14.3. The first-order valence-corrected chi connectivity index (χ1v) is 6.31. The maximum atomic E-state index is 12.4. The van der Waals surface area contributed by atoms with E-state index in [1.165, 1.54) is 7.05 Å². The van der Waals surface area contributed by atoms with Gasteiger partial charge in [-0.3, -0.25) is 9.78 Å². The second-order valence-corrected chi connectivity index (χ2v) is 4.79. The van der Waals surface area contributed by atoms with Gasteiger partial charge < -0.3 is 4.90 Å². The predicted octanol–water partition coefficient (Wildman–Crippen LogP) is -0.223. The van der Waals surface area contributed by atoms with E-state index in [0.29, 0.717) is 17.9 Å². The molecule has 3 rings (SSSR count). The average Bonchev–Trinajstić information content (AvgIpc) is 3.10. The van der Waals surface area contributed by atoms with E-state index in [1.54, 1.807) is 11.8 Å². The fraction of sp³-hybridized carbons (Fsp3) is 0.545. The summed E-state index contributed by atoms with van der Waals surface area (Å²) in [6.07, 6.45) is 1.65. The lowest BCUT2D eigenvalue weighted by Crippen LogP contribution is -2.32. The third-order valence-corrected chi connectivity index (χ3v) is 3.49. The molecule has 0 spiro atoms. The molecule has 0 aliphatic carbocycles. The Kier molecular flexibility index (Phi) is 2.88. The summed E-state index contributed by atoms with van der Waals surface area (Å²) < 4.78 is 5.80. The molecule has 1 saturated heterocycles. The van der Waals surface area contributed by atoms with Crippen molar-refractivity contribution < 1.29 is 9.42 Å². The van der Waals surface area contributed by atoms with Crippen molar-refractivity contribution >= 4 is 5.91 Å². The van der Waals surface area contributed by atoms with Crippen LogP contribution in [0.4, 0.5) is 0 Å². The molecule has 1 aliphatic heterocycles. The third kappa shape index (κ3) is 1.91. The van der Waals surface area contributed by atoms with E-state index in [0.717, 1.165) is 17.5 Å². The summed E-state index contributed by atoms with van der Waals surface area (Å²) in [5, 5.41) is 11.5. The highest BCUT2D eigenvalue weighted by Gasteiger charge is 2.35. The number of likely N-dealkylation sites (tertiary alicyclic amines) is 1. The van der Waals surface area contributed by atoms with Gasteiger partial charge in [0.05, 0.1) is 6.04 Å². The number of rotatable bonds is 2. The number of amides is 1. The van der Waals surface area contributed by atoms with Gasteiger partial charge in [-0.1, -0.05) is 10.3 Å². The molecule has 1 fully saturated rings. The Hall–Kier alpha value is -2.45. The van der Waals surface area contributed by atoms with Crippen molar-refractivity contribution in [1.29, 1.82) is 0 Å². The average molecular weight is 278 g/mol. The Morgan fingerprint density at radius 3 is 2.85 bits per heavy atom. The molecule has 0 bridgehead atoms. The van der Waals surface area contributed by atoms with Crippen LogP contribution < -0.4 is 5.69 Å². The van der Waals surface area contributed by atoms with Gasteiger partial charge >= 0.3 is 5.69 Å². The van der Waals surface area contributed by atoms with E-state index in [1.807, 2.05) is 0 Å². The SMILES string of the molecule is Cc1nonc1C1CCCN1C(=O)c1nn(C)c(=O)[nH]1. The van der Waals surface area contributed by atoms with Crippen LogP contribution in [0.15, 0.2) is 9.42 Å². The lowest BCUT2D eigenvalue weighted by Gasteiger charge is -2.21. The molecule has 9 heteroatoms. The molecule has 2 aromatic heterocycles. The monoisotopic (exact) mass is 278 g/mol. The van der Waals surface area contributed by atoms with Crippen LogP contribution in [-0.4, -0.2) is 42.4 Å². The van der Waals surface area contributed by atoms with Gasteiger partial charge in [0.25, 0.3) is 5.91 Å². The van der Waals surface area contributed by atoms with E-state index in [-0.39, 0.29) is 17.8 Å². The summed E-state index contributed by atoms with van der Waals surface area (Å²) in [6, 6.07) is -0.181. The molecule has 3 heterocycles. The van der Waals surface area contributed by atoms with E-state index >= 15 is 0 Å². The first-order chi connectivity index (χ1) is 9.58. The minimum atomic E-state index is -0.414. The number of aromatic amines is 1. The summed E-state index contributed by atoms with van der Waals surface area (Å²) in [4.78, 5) is 27.9. The molecule has 1 amide bonds. The van der Waals surface area contributed by atoms with Crippen LogP contribution in [0.3, 0.4) is 0 Å². The number of carbonyl (C=O) groups excluding carboxylic acids is 1. The Bertz CT molecular complexity index is 699. The molecule has 1 atom stereocenters. The Balaban J connectivity index is 1.91. The normalized spacial score (nSPS) is 18.7. The van der Waals surface area contributed by atoms with Crippen LogP contribution in [-0.2, 0) is 7.05 Å². The van der Waals surface area contributed by atoms with Crippen LogP contribution in [0.2, 0.25) is 0 Å². The van der Waals surface area contributed by atoms with Crippen molar-refractivity contribution in [1.82, 2.24) is 30.0 Å². The number of hydrogen-bond acceptors (Lipinski definition) is 6. The van der Waals surface area contributed by atoms with Gasteiger partial charge in [-0.15, -0.1) is 5.10 Å². The third-order valence-electron chi connectivity index (χ3n) is 3.49. The minimum absolute atomic E-state index is 0.0403. The minimum Gasteiger partial charge on any atom is -0.327 e. The molecular formula is C11H14N6O3. The maximum absolute atomic E-state index is 12.4. The van der Waals surface area contributed by atoms with Crippen molar-refractivity contribution in [3.05, 3.63) is 27.7 Å². The van der Waals surface area contributed by atoms with Crippen molar-refractivity contribution in [3.63, 3.8) is 0 Å². The lowest BCUT2D eigenvalue weighted by molar-refractivity contribution is 0.0717. The number of nitrogens with zero attached hydrogens (tertiary/aromatic N) is 5. The summed E-state index contributed by atoms with van der Waals surface area (Å²) >= 11 is 0. The van der Waals surface area contributed by atoms with Gasteiger partial charge in [0.1, 0.15) is 11.4 Å². The summed E-state index contributed by atoms with van der Waals surface area (Å²) in [7, 11) is 1.49. The smallest absolute Gasteiger partial charge is 0.327 e. The van der Waals surface area contributed by atoms with E-state index in [9.17, 15) is 9.59 Å². The lowest BCUT2D eigenvalue weighted by atomic mass is 10.1. The molecule has 0 radical (unpaired) electrons. The quantitative estimate of drug-likeness (QED) is 0.813. The van der Waals surface area contributed by atoms with Crippen molar-refractivity contribution in [2.24, 2.45) is 7.05 Å². The van der Waals surface area contributed by atoms with Crippen LogP contribution in [0.25, 0.3) is 0 Å². The highest BCUT2D eigenvalue weighted by atomic mass is 16.6. The van der Waals surface area contributed by atoms with Gasteiger partial charge in [0.2, 0.25) is 5.82 Å². The van der Waals surface area contributed by atoms with Crippen LogP contribution in [0.1, 0.15) is 40.9 Å². The molecule has 1 N–H and O–H groups in total. The fourth-order valence-corrected chi connectivity index (χ4v) is 2.47. The van der Waals surface area contributed by atoms with Crippen LogP contribution >= 0.6 is 0 Å². The molecule has 1 unspecified atom stereocenters. The van der Waals surface area contributed by atoms with Gasteiger partial charge in [0, 0.05) is 13.6 Å². The molecule has 2 aromatic rings. The summed E-state index contributed by atoms with van der Waals surface area (Å²) in [6.45, 7) is 2.38. The van der Waals surface area contributed by atoms with Crippen molar-refractivity contribution in [3.8, 4) is 0 Å². The number of aryl methyl sites for hydroxylation is 2. The summed E-state index contributed by atoms with van der Waals surface area (Å²) in [5.41, 5.74) is 0.918. The molecule has 106 valence electrons. The highest BCUT2D eigenvalue weighted by molar-refractivity contribution is 5.90.